The van der Waals surface area contributed by atoms with E-state index in [1.54, 1.807) is 48.5 Å². The number of likely N-dealkylation sites (tertiary alicyclic amines) is 2. The molecule has 15 heteroatoms. The minimum absolute atomic E-state index is 0. The van der Waals surface area contributed by atoms with Crippen molar-refractivity contribution in [3.63, 3.8) is 0 Å². The lowest BCUT2D eigenvalue weighted by atomic mass is 9.76. The molecule has 6 aromatic carbocycles. The maximum Gasteiger partial charge on any atom is 0.355 e. The summed E-state index contributed by atoms with van der Waals surface area (Å²) in [6.07, 6.45) is 7.47. The molecule has 4 N–H and O–H groups in total. The number of piperidine rings is 2. The Kier molecular flexibility index (Phi) is 19.8. The monoisotopic (exact) mass is 1000 g/mol. The van der Waals surface area contributed by atoms with Gasteiger partial charge in [-0.15, -0.1) is 0 Å². The van der Waals surface area contributed by atoms with Crippen LogP contribution < -0.4 is 20.4 Å². The van der Waals surface area contributed by atoms with Gasteiger partial charge in [0, 0.05) is 37.1 Å². The summed E-state index contributed by atoms with van der Waals surface area (Å²) in [6, 6.07) is 40.5. The number of nitrogens with zero attached hydrogens (tertiary/aromatic N) is 2. The van der Waals surface area contributed by atoms with Crippen LogP contribution in [0.1, 0.15) is 72.6 Å². The van der Waals surface area contributed by atoms with Crippen LogP contribution in [-0.4, -0.2) is 79.7 Å². The number of ether oxygens (including phenoxy) is 2. The first-order chi connectivity index (χ1) is 35.1. The normalized spacial score (nSPS) is 14.7. The van der Waals surface area contributed by atoms with E-state index in [4.69, 9.17) is 19.1 Å². The van der Waals surface area contributed by atoms with Crippen LogP contribution in [0.3, 0.4) is 0 Å². The van der Waals surface area contributed by atoms with Gasteiger partial charge >= 0.3 is 11.9 Å². The highest BCUT2D eigenvalue weighted by atomic mass is 19.1. The van der Waals surface area contributed by atoms with E-state index in [2.05, 4.69) is 20.8 Å². The largest absolute Gasteiger partial charge is 0.494 e. The summed E-state index contributed by atoms with van der Waals surface area (Å²) in [5.41, 5.74) is 10.3. The van der Waals surface area contributed by atoms with Gasteiger partial charge in [-0.3, -0.25) is 0 Å². The molecule has 8 rings (SSSR count). The third-order valence-electron chi connectivity index (χ3n) is 13.5. The number of rotatable bonds is 22. The quantitative estimate of drug-likeness (QED) is 0.0293. The molecule has 0 saturated carbocycles. The van der Waals surface area contributed by atoms with Crippen molar-refractivity contribution in [1.29, 1.82) is 0 Å². The Morgan fingerprint density at radius 3 is 1.04 bits per heavy atom. The number of carbonyl (C=O) groups excluding carboxylic acids is 2. The van der Waals surface area contributed by atoms with Gasteiger partial charge in [0.2, 0.25) is 0 Å². The Bertz CT molecular complexity index is 2370. The van der Waals surface area contributed by atoms with Crippen molar-refractivity contribution in [1.82, 2.24) is 9.80 Å². The zero-order valence-corrected chi connectivity index (χ0v) is 40.6. The van der Waals surface area contributed by atoms with E-state index in [1.807, 2.05) is 48.5 Å². The zero-order chi connectivity index (χ0) is 50.1. The van der Waals surface area contributed by atoms with Crippen LogP contribution in [0.4, 0.5) is 28.9 Å². The molecule has 0 atom stereocenters. The number of nitrogens with one attached hydrogen (secondary N) is 2. The Hall–Kier alpha value is -7.20. The smallest absolute Gasteiger partial charge is 0.355 e. The highest BCUT2D eigenvalue weighted by Gasteiger charge is 2.30. The summed E-state index contributed by atoms with van der Waals surface area (Å²) in [7, 11) is 0. The molecule has 2 heterocycles. The summed E-state index contributed by atoms with van der Waals surface area (Å²) >= 11 is 0. The molecule has 0 spiro atoms. The summed E-state index contributed by atoms with van der Waals surface area (Å²) in [4.78, 5) is 39.5. The fraction of sp³-hybridized carbons (Fsp3) is 0.310. The number of hydrogen-bond donors (Lipinski definition) is 2. The van der Waals surface area contributed by atoms with Crippen molar-refractivity contribution in [3.05, 3.63) is 203 Å². The SMILES string of the molecule is O.O=C(/C=C/C(=O)ONc1ccc(OCCCN2CCC(C(c3ccc(F)cc3)c3ccc(F)cc3)CC2)cc1)ONc1ccc(OCCCN2CCC(C(c3ccc(F)cc3)c3ccc(F)cc3)CC2)cc1. The maximum atomic E-state index is 13.7. The molecular formula is C58H62F4N4O7. The summed E-state index contributed by atoms with van der Waals surface area (Å²) in [5, 5.41) is 0. The topological polar surface area (TPSA) is 133 Å². The lowest BCUT2D eigenvalue weighted by Gasteiger charge is -2.36. The van der Waals surface area contributed by atoms with Crippen LogP contribution in [0.25, 0.3) is 0 Å². The first-order valence-corrected chi connectivity index (χ1v) is 24.7. The molecular weight excluding hydrogens is 941 g/mol. The predicted octanol–water partition coefficient (Wildman–Crippen LogP) is 11.0. The van der Waals surface area contributed by atoms with E-state index in [0.29, 0.717) is 47.9 Å². The molecule has 0 amide bonds. The van der Waals surface area contributed by atoms with Gasteiger partial charge in [0.1, 0.15) is 34.8 Å². The number of carbonyl (C=O) groups is 2. The lowest BCUT2D eigenvalue weighted by molar-refractivity contribution is -0.137. The average Bonchev–Trinajstić information content (AvgIpc) is 3.41. The van der Waals surface area contributed by atoms with Crippen LogP contribution in [0, 0.1) is 35.1 Å². The van der Waals surface area contributed by atoms with Crippen LogP contribution in [0.2, 0.25) is 0 Å². The van der Waals surface area contributed by atoms with E-state index in [1.165, 1.54) is 48.5 Å². The number of halogens is 4. The van der Waals surface area contributed by atoms with Gasteiger partial charge < -0.3 is 34.4 Å². The highest BCUT2D eigenvalue weighted by Crippen LogP contribution is 2.40. The molecule has 6 aromatic rings. The molecule has 2 aliphatic rings. The van der Waals surface area contributed by atoms with Crippen molar-refractivity contribution in [2.75, 3.05) is 63.4 Å². The lowest BCUT2D eigenvalue weighted by Crippen LogP contribution is -2.36. The van der Waals surface area contributed by atoms with Crippen LogP contribution >= 0.6 is 0 Å². The van der Waals surface area contributed by atoms with Gasteiger partial charge in [0.25, 0.3) is 0 Å². The van der Waals surface area contributed by atoms with Gasteiger partial charge in [-0.05, 0) is 196 Å². The molecule has 2 saturated heterocycles. The van der Waals surface area contributed by atoms with Crippen LogP contribution in [0.5, 0.6) is 11.5 Å². The second-order valence-corrected chi connectivity index (χ2v) is 18.4. The van der Waals surface area contributed by atoms with Crippen LogP contribution in [-0.2, 0) is 19.3 Å². The summed E-state index contributed by atoms with van der Waals surface area (Å²) < 4.78 is 66.8. The average molecular weight is 1000 g/mol. The maximum absolute atomic E-state index is 13.7. The van der Waals surface area contributed by atoms with Gasteiger partial charge in [0.05, 0.1) is 24.6 Å². The molecule has 384 valence electrons. The fourth-order valence-corrected chi connectivity index (χ4v) is 9.79. The van der Waals surface area contributed by atoms with Crippen molar-refractivity contribution in [3.8, 4) is 11.5 Å². The fourth-order valence-electron chi connectivity index (χ4n) is 9.79. The van der Waals surface area contributed by atoms with Gasteiger partial charge in [-0.1, -0.05) is 48.5 Å². The molecule has 73 heavy (non-hydrogen) atoms. The summed E-state index contributed by atoms with van der Waals surface area (Å²) in [5.74, 6) is -0.508. The zero-order valence-electron chi connectivity index (χ0n) is 40.6. The Balaban J connectivity index is 0.00000780. The number of hydrogen-bond acceptors (Lipinski definition) is 10. The summed E-state index contributed by atoms with van der Waals surface area (Å²) in [6.45, 7) is 6.55. The van der Waals surface area contributed by atoms with Crippen molar-refractivity contribution in [2.45, 2.75) is 50.4 Å². The molecule has 0 aliphatic carbocycles. The van der Waals surface area contributed by atoms with Gasteiger partial charge in [-0.2, -0.15) is 0 Å². The van der Waals surface area contributed by atoms with Gasteiger partial charge in [0.15, 0.2) is 0 Å². The first kappa shape index (κ1) is 53.6. The molecule has 0 unspecified atom stereocenters. The van der Waals surface area contributed by atoms with E-state index >= 15 is 0 Å². The Labute approximate surface area is 423 Å². The standard InChI is InChI=1S/C58H60F4N4O6.H2O/c59-47-11-3-41(4-12-47)57(42-5-13-48(60)14-6-42)45-29-35-65(36-30-45)33-1-39-69-53-23-19-51(20-24-53)63-71-55(67)27-28-56(68)72-64-52-21-25-54(26-22-52)70-40-2-34-66-37-31-46(32-38-66)58(43-7-15-49(61)16-8-43)44-9-17-50(62)18-10-44;/h3-28,45-46,57-58,63-64H,1-2,29-40H2;1H2/b28-27+;. The highest BCUT2D eigenvalue weighted by molar-refractivity contribution is 5.92. The number of anilines is 2. The van der Waals surface area contributed by atoms with Crippen molar-refractivity contribution >= 4 is 23.3 Å². The third kappa shape index (κ3) is 16.1. The molecule has 2 fully saturated rings. The van der Waals surface area contributed by atoms with E-state index in [9.17, 15) is 27.2 Å². The molecule has 11 nitrogen and oxygen atoms in total. The second-order valence-electron chi connectivity index (χ2n) is 18.4. The first-order valence-electron chi connectivity index (χ1n) is 24.7. The number of benzene rings is 6. The van der Waals surface area contributed by atoms with Crippen molar-refractivity contribution in [2.24, 2.45) is 11.8 Å². The Morgan fingerprint density at radius 1 is 0.466 bits per heavy atom. The molecule has 2 aliphatic heterocycles. The molecule has 0 bridgehead atoms. The van der Waals surface area contributed by atoms with Gasteiger partial charge in [-0.25, -0.2) is 38.1 Å². The Morgan fingerprint density at radius 2 is 0.753 bits per heavy atom. The second kappa shape index (κ2) is 27.0. The van der Waals surface area contributed by atoms with E-state index < -0.39 is 11.9 Å². The minimum atomic E-state index is -0.805. The van der Waals surface area contributed by atoms with E-state index in [0.717, 1.165) is 112 Å². The minimum Gasteiger partial charge on any atom is -0.494 e. The molecule has 0 aromatic heterocycles. The third-order valence-corrected chi connectivity index (χ3v) is 13.5. The predicted molar refractivity (Wildman–Crippen MR) is 273 cm³/mol. The van der Waals surface area contributed by atoms with Crippen molar-refractivity contribution < 1.29 is 51.8 Å². The van der Waals surface area contributed by atoms with E-state index in [-0.39, 0.29) is 40.6 Å². The molecule has 0 radical (unpaired) electrons. The van der Waals surface area contributed by atoms with Crippen LogP contribution in [0.15, 0.2) is 158 Å².